The summed E-state index contributed by atoms with van der Waals surface area (Å²) >= 11 is 1.12. The fourth-order valence-electron chi connectivity index (χ4n) is 1.89. The lowest BCUT2D eigenvalue weighted by Gasteiger charge is -2.16. The van der Waals surface area contributed by atoms with E-state index in [1.54, 1.807) is 5.38 Å². The molecule has 4 nitrogen and oxygen atoms in total. The molecule has 2 rings (SSSR count). The van der Waals surface area contributed by atoms with Crippen LogP contribution in [0.1, 0.15) is 30.5 Å². The standard InChI is InChI=1S/C14H17NO3S2/c1-2-13(12-6-4-3-5-7-12)15-20(17,18)14-8-11(9-16)10-19-14/h3-8,10,13,15-16H,2,9H2,1H3. The van der Waals surface area contributed by atoms with E-state index >= 15 is 0 Å². The van der Waals surface area contributed by atoms with Gasteiger partial charge in [-0.25, -0.2) is 13.1 Å². The average Bonchev–Trinajstić information content (AvgIpc) is 2.95. The zero-order valence-corrected chi connectivity index (χ0v) is 12.7. The Labute approximate surface area is 123 Å². The molecular formula is C14H17NO3S2. The van der Waals surface area contributed by atoms with Gasteiger partial charge in [0.2, 0.25) is 0 Å². The summed E-state index contributed by atoms with van der Waals surface area (Å²) in [4.78, 5) is 0. The molecule has 0 saturated heterocycles. The molecule has 0 aliphatic carbocycles. The molecule has 20 heavy (non-hydrogen) atoms. The topological polar surface area (TPSA) is 66.4 Å². The normalized spacial score (nSPS) is 13.3. The van der Waals surface area contributed by atoms with Crippen molar-refractivity contribution < 1.29 is 13.5 Å². The van der Waals surface area contributed by atoms with Gasteiger partial charge >= 0.3 is 0 Å². The molecule has 1 aromatic carbocycles. The Hall–Kier alpha value is -1.21. The summed E-state index contributed by atoms with van der Waals surface area (Å²) in [6, 6.07) is 10.8. The maximum atomic E-state index is 12.3. The van der Waals surface area contributed by atoms with Crippen LogP contribution >= 0.6 is 11.3 Å². The number of nitrogens with one attached hydrogen (secondary N) is 1. The van der Waals surface area contributed by atoms with Gasteiger partial charge in [-0.3, -0.25) is 0 Å². The molecule has 1 atom stereocenters. The third-order valence-corrected chi connectivity index (χ3v) is 5.94. The number of hydrogen-bond donors (Lipinski definition) is 2. The summed E-state index contributed by atoms with van der Waals surface area (Å²) in [5, 5.41) is 10.7. The molecule has 0 amide bonds. The van der Waals surface area contributed by atoms with E-state index in [2.05, 4.69) is 4.72 Å². The Bertz CT molecular complexity index is 650. The first kappa shape index (κ1) is 15.2. The Balaban J connectivity index is 2.22. The highest BCUT2D eigenvalue weighted by atomic mass is 32.2. The second-order valence-electron chi connectivity index (χ2n) is 4.42. The Morgan fingerprint density at radius 3 is 2.55 bits per heavy atom. The molecule has 108 valence electrons. The average molecular weight is 311 g/mol. The Morgan fingerprint density at radius 1 is 1.30 bits per heavy atom. The molecule has 2 aromatic rings. The van der Waals surface area contributed by atoms with Crippen LogP contribution in [0.4, 0.5) is 0 Å². The molecule has 0 spiro atoms. The minimum absolute atomic E-state index is 0.151. The lowest BCUT2D eigenvalue weighted by Crippen LogP contribution is -2.27. The highest BCUT2D eigenvalue weighted by Gasteiger charge is 2.21. The van der Waals surface area contributed by atoms with E-state index in [-0.39, 0.29) is 16.9 Å². The summed E-state index contributed by atoms with van der Waals surface area (Å²) in [5.41, 5.74) is 1.56. The number of aliphatic hydroxyl groups excluding tert-OH is 1. The molecule has 1 unspecified atom stereocenters. The van der Waals surface area contributed by atoms with Gasteiger partial charge in [0.25, 0.3) is 10.0 Å². The van der Waals surface area contributed by atoms with Gasteiger partial charge in [0, 0.05) is 6.04 Å². The van der Waals surface area contributed by atoms with E-state index in [0.717, 1.165) is 16.9 Å². The zero-order chi connectivity index (χ0) is 14.6. The third kappa shape index (κ3) is 3.46. The van der Waals surface area contributed by atoms with Gasteiger partial charge in [-0.15, -0.1) is 11.3 Å². The van der Waals surface area contributed by atoms with Gasteiger partial charge in [0.1, 0.15) is 4.21 Å². The predicted octanol–water partition coefficient (Wildman–Crippen LogP) is 2.67. The smallest absolute Gasteiger partial charge is 0.250 e. The molecule has 0 aliphatic heterocycles. The van der Waals surface area contributed by atoms with Crippen LogP contribution in [0.3, 0.4) is 0 Å². The van der Waals surface area contributed by atoms with E-state index < -0.39 is 10.0 Å². The van der Waals surface area contributed by atoms with E-state index in [0.29, 0.717) is 12.0 Å². The van der Waals surface area contributed by atoms with Crippen molar-refractivity contribution in [2.75, 3.05) is 0 Å². The first-order chi connectivity index (χ1) is 9.56. The van der Waals surface area contributed by atoms with Gasteiger partial charge < -0.3 is 5.11 Å². The van der Waals surface area contributed by atoms with Crippen molar-refractivity contribution >= 4 is 21.4 Å². The molecule has 0 bridgehead atoms. The summed E-state index contributed by atoms with van der Waals surface area (Å²) in [6.45, 7) is 1.79. The first-order valence-corrected chi connectivity index (χ1v) is 8.68. The summed E-state index contributed by atoms with van der Waals surface area (Å²) in [6.07, 6.45) is 0.668. The highest BCUT2D eigenvalue weighted by molar-refractivity contribution is 7.91. The fraction of sp³-hybridized carbons (Fsp3) is 0.286. The van der Waals surface area contributed by atoms with Crippen LogP contribution in [0, 0.1) is 0 Å². The van der Waals surface area contributed by atoms with E-state index in [1.807, 2.05) is 37.3 Å². The number of sulfonamides is 1. The van der Waals surface area contributed by atoms with Crippen LogP contribution in [-0.4, -0.2) is 13.5 Å². The van der Waals surface area contributed by atoms with Crippen molar-refractivity contribution in [2.24, 2.45) is 0 Å². The molecule has 1 heterocycles. The monoisotopic (exact) mass is 311 g/mol. The van der Waals surface area contributed by atoms with E-state index in [9.17, 15) is 8.42 Å². The predicted molar refractivity (Wildman–Crippen MR) is 80.0 cm³/mol. The largest absolute Gasteiger partial charge is 0.392 e. The van der Waals surface area contributed by atoms with Gasteiger partial charge in [-0.2, -0.15) is 0 Å². The van der Waals surface area contributed by atoms with Crippen molar-refractivity contribution in [2.45, 2.75) is 30.2 Å². The van der Waals surface area contributed by atoms with Crippen LogP contribution < -0.4 is 4.72 Å². The molecule has 0 saturated carbocycles. The number of thiophene rings is 1. The van der Waals surface area contributed by atoms with Crippen LogP contribution in [0.5, 0.6) is 0 Å². The number of rotatable bonds is 6. The van der Waals surface area contributed by atoms with Crippen molar-refractivity contribution in [3.8, 4) is 0 Å². The summed E-state index contributed by atoms with van der Waals surface area (Å²) in [7, 11) is -3.55. The second kappa shape index (κ2) is 6.49. The third-order valence-electron chi connectivity index (χ3n) is 2.98. The van der Waals surface area contributed by atoms with Gasteiger partial charge in [0.15, 0.2) is 0 Å². The molecule has 0 aliphatic rings. The quantitative estimate of drug-likeness (QED) is 0.862. The maximum absolute atomic E-state index is 12.3. The minimum atomic E-state index is -3.55. The minimum Gasteiger partial charge on any atom is -0.392 e. The van der Waals surface area contributed by atoms with Crippen LogP contribution in [0.15, 0.2) is 46.0 Å². The molecule has 0 radical (unpaired) electrons. The Morgan fingerprint density at radius 2 is 2.00 bits per heavy atom. The van der Waals surface area contributed by atoms with Crippen molar-refractivity contribution in [3.05, 3.63) is 52.9 Å². The van der Waals surface area contributed by atoms with Crippen molar-refractivity contribution in [1.29, 1.82) is 0 Å². The zero-order valence-electron chi connectivity index (χ0n) is 11.1. The molecule has 6 heteroatoms. The maximum Gasteiger partial charge on any atom is 0.250 e. The van der Waals surface area contributed by atoms with E-state index in [1.165, 1.54) is 6.07 Å². The lowest BCUT2D eigenvalue weighted by atomic mass is 10.1. The van der Waals surface area contributed by atoms with Gasteiger partial charge in [-0.05, 0) is 29.0 Å². The molecule has 2 N–H and O–H groups in total. The van der Waals surface area contributed by atoms with Crippen molar-refractivity contribution in [3.63, 3.8) is 0 Å². The number of aliphatic hydroxyl groups is 1. The molecule has 0 fully saturated rings. The van der Waals surface area contributed by atoms with Crippen LogP contribution in [-0.2, 0) is 16.6 Å². The molecule has 1 aromatic heterocycles. The van der Waals surface area contributed by atoms with Gasteiger partial charge in [-0.1, -0.05) is 37.3 Å². The van der Waals surface area contributed by atoms with Crippen molar-refractivity contribution in [1.82, 2.24) is 4.72 Å². The first-order valence-electron chi connectivity index (χ1n) is 6.32. The van der Waals surface area contributed by atoms with E-state index in [4.69, 9.17) is 5.11 Å². The second-order valence-corrected chi connectivity index (χ2v) is 7.28. The van der Waals surface area contributed by atoms with Gasteiger partial charge in [0.05, 0.1) is 6.61 Å². The molecular weight excluding hydrogens is 294 g/mol. The SMILES string of the molecule is CCC(NS(=O)(=O)c1cc(CO)cs1)c1ccccc1. The van der Waals surface area contributed by atoms with Crippen LogP contribution in [0.25, 0.3) is 0 Å². The highest BCUT2D eigenvalue weighted by Crippen LogP contribution is 2.24. The Kier molecular flexibility index (Phi) is 4.93. The fourth-order valence-corrected chi connectivity index (χ4v) is 4.42. The summed E-state index contributed by atoms with van der Waals surface area (Å²) in [5.74, 6) is 0. The number of hydrogen-bond acceptors (Lipinski definition) is 4. The number of benzene rings is 1. The van der Waals surface area contributed by atoms with Crippen LogP contribution in [0.2, 0.25) is 0 Å². The summed E-state index contributed by atoms with van der Waals surface area (Å²) < 4.78 is 27.6. The lowest BCUT2D eigenvalue weighted by molar-refractivity contribution is 0.282.